The van der Waals surface area contributed by atoms with E-state index in [1.807, 2.05) is 36.4 Å². The maximum atomic E-state index is 11.4. The van der Waals surface area contributed by atoms with Gasteiger partial charge in [0.25, 0.3) is 0 Å². The third-order valence-electron chi connectivity index (χ3n) is 21.5. The Balaban J connectivity index is 0.000000116. The second-order valence-corrected chi connectivity index (χ2v) is 29.1. The molecule has 0 aliphatic rings. The quantitative estimate of drug-likeness (QED) is 0.0592. The average Bonchev–Trinajstić information content (AvgIpc) is 0.730. The minimum atomic E-state index is 0.675. The van der Waals surface area contributed by atoms with Crippen LogP contribution in [-0.4, -0.2) is 12.6 Å². The van der Waals surface area contributed by atoms with Crippen LogP contribution in [0.1, 0.15) is 43.0 Å². The van der Waals surface area contributed by atoms with E-state index in [1.54, 1.807) is 0 Å². The predicted octanol–water partition coefficient (Wildman–Crippen LogP) is 29.4. The molecule has 2 nitrogen and oxygen atoms in total. The van der Waals surface area contributed by atoms with Gasteiger partial charge in [-0.3, -0.25) is 9.59 Å². The number of benzene rings is 21. The molecule has 4 heteroatoms. The Hall–Kier alpha value is -12.7. The summed E-state index contributed by atoms with van der Waals surface area (Å²) in [5, 5.41) is 30.7. The first-order valence-electron chi connectivity index (χ1n) is 35.8. The Kier molecular flexibility index (Phi) is 16.2. The van der Waals surface area contributed by atoms with Crippen LogP contribution < -0.4 is 0 Å². The van der Waals surface area contributed by atoms with Crippen molar-refractivity contribution in [3.05, 3.63) is 382 Å². The van der Waals surface area contributed by atoms with Gasteiger partial charge < -0.3 is 0 Å². The molecule has 0 aliphatic carbocycles. The third-order valence-corrected chi connectivity index (χ3v) is 22.9. The Morgan fingerprint density at radius 2 is 0.377 bits per heavy atom. The smallest absolute Gasteiger partial charge is 0.150 e. The Bertz CT molecular complexity index is 6640. The molecule has 0 amide bonds. The highest BCUT2D eigenvalue weighted by Crippen LogP contribution is 2.49. The lowest BCUT2D eigenvalue weighted by Gasteiger charge is -2.18. The van der Waals surface area contributed by atoms with Crippen LogP contribution in [0.2, 0.25) is 0 Å². The van der Waals surface area contributed by atoms with Gasteiger partial charge in [0, 0.05) is 20.1 Å². The second kappa shape index (κ2) is 26.8. The Morgan fingerprint density at radius 3 is 0.670 bits per heavy atom. The number of hydrogen-bond acceptors (Lipinski definition) is 2. The topological polar surface area (TPSA) is 34.1 Å². The molecular formula is C102H62Br2O2. The maximum absolute atomic E-state index is 11.4. The van der Waals surface area contributed by atoms with Gasteiger partial charge in [0.15, 0.2) is 0 Å². The summed E-state index contributed by atoms with van der Waals surface area (Å²) >= 11 is 7.40. The molecule has 21 aromatic rings. The van der Waals surface area contributed by atoms with Gasteiger partial charge in [-0.25, -0.2) is 0 Å². The van der Waals surface area contributed by atoms with E-state index in [1.165, 1.54) is 174 Å². The van der Waals surface area contributed by atoms with Crippen molar-refractivity contribution in [2.45, 2.75) is 0 Å². The van der Waals surface area contributed by atoms with Crippen molar-refractivity contribution < 1.29 is 9.59 Å². The molecule has 0 atom stereocenters. The summed E-state index contributed by atoms with van der Waals surface area (Å²) in [5.41, 5.74) is 15.5. The third kappa shape index (κ3) is 11.1. The van der Waals surface area contributed by atoms with Crippen molar-refractivity contribution in [1.82, 2.24) is 0 Å². The normalized spacial score (nSPS) is 11.9. The summed E-state index contributed by atoms with van der Waals surface area (Å²) in [6, 6.07) is 121. The fourth-order valence-electron chi connectivity index (χ4n) is 16.8. The molecule has 0 saturated heterocycles. The van der Waals surface area contributed by atoms with Crippen LogP contribution in [0, 0.1) is 0 Å². The van der Waals surface area contributed by atoms with E-state index in [4.69, 9.17) is 0 Å². The van der Waals surface area contributed by atoms with E-state index in [9.17, 15) is 9.59 Å². The molecule has 21 aromatic carbocycles. The fourth-order valence-corrected chi connectivity index (χ4v) is 17.7. The van der Waals surface area contributed by atoms with Gasteiger partial charge in [0.2, 0.25) is 0 Å². The summed E-state index contributed by atoms with van der Waals surface area (Å²) in [6.45, 7) is 0. The maximum Gasteiger partial charge on any atom is 0.150 e. The van der Waals surface area contributed by atoms with Gasteiger partial charge in [0.1, 0.15) is 12.6 Å². The first-order valence-corrected chi connectivity index (χ1v) is 37.4. The molecule has 0 unspecified atom stereocenters. The Labute approximate surface area is 629 Å². The minimum Gasteiger partial charge on any atom is -0.298 e. The molecule has 0 radical (unpaired) electrons. The molecule has 0 aromatic heterocycles. The van der Waals surface area contributed by atoms with Gasteiger partial charge >= 0.3 is 0 Å². The lowest BCUT2D eigenvalue weighted by Crippen LogP contribution is -1.91. The van der Waals surface area contributed by atoms with Crippen molar-refractivity contribution >= 4 is 198 Å². The van der Waals surface area contributed by atoms with Gasteiger partial charge in [-0.2, -0.15) is 0 Å². The molecule has 0 fully saturated rings. The van der Waals surface area contributed by atoms with E-state index < -0.39 is 0 Å². The molecule has 106 heavy (non-hydrogen) atoms. The molecule has 0 N–H and O–H groups in total. The van der Waals surface area contributed by atoms with Gasteiger partial charge in [-0.1, -0.05) is 359 Å². The minimum absolute atomic E-state index is 0.675. The fraction of sp³-hybridized carbons (Fsp3) is 0. The lowest BCUT2D eigenvalue weighted by molar-refractivity contribution is 0.111. The summed E-state index contributed by atoms with van der Waals surface area (Å²) in [5.74, 6) is 0. The lowest BCUT2D eigenvalue weighted by atomic mass is 9.85. The number of halogens is 2. The van der Waals surface area contributed by atoms with Crippen LogP contribution in [0.3, 0.4) is 0 Å². The molecule has 21 rings (SSSR count). The van der Waals surface area contributed by atoms with Gasteiger partial charge in [-0.05, 0) is 232 Å². The van der Waals surface area contributed by atoms with E-state index in [2.05, 4.69) is 359 Å². The summed E-state index contributed by atoms with van der Waals surface area (Å²) in [6.07, 6.45) is 10.6. The molecule has 0 heterocycles. The van der Waals surface area contributed by atoms with E-state index in [0.717, 1.165) is 43.8 Å². The number of fused-ring (bicyclic) bond motifs is 6. The van der Waals surface area contributed by atoms with Crippen LogP contribution >= 0.6 is 31.9 Å². The van der Waals surface area contributed by atoms with Crippen molar-refractivity contribution in [2.75, 3.05) is 0 Å². The van der Waals surface area contributed by atoms with E-state index in [0.29, 0.717) is 11.1 Å². The van der Waals surface area contributed by atoms with Crippen molar-refractivity contribution in [3.63, 3.8) is 0 Å². The number of rotatable bonds is 10. The highest BCUT2D eigenvalue weighted by atomic mass is 79.9. The van der Waals surface area contributed by atoms with Crippen molar-refractivity contribution in [1.29, 1.82) is 0 Å². The number of carbonyl (C=O) groups excluding carboxylic acids is 2. The summed E-state index contributed by atoms with van der Waals surface area (Å²) in [4.78, 5) is 22.8. The SMILES string of the molecule is Brc1ccc2c3cccc4c(Br)ccc(c5cccc1c52)c43.C(=C\c1cccc(-c2ccc3c4cccc5c(-c6cccc(/C=C/c7ccccc7)c6)ccc(c6cccc2c63)c54)c1)/c1ccccc1.O=Cc1cccc(-c2ccc3c4cccc5c(-c6cccc(C=O)c6)ccc(c6cccc2c63)c54)c1. The zero-order valence-electron chi connectivity index (χ0n) is 57.4. The summed E-state index contributed by atoms with van der Waals surface area (Å²) in [7, 11) is 0. The van der Waals surface area contributed by atoms with Crippen molar-refractivity contribution in [2.24, 2.45) is 0 Å². The predicted molar refractivity (Wildman–Crippen MR) is 462 cm³/mol. The van der Waals surface area contributed by atoms with Crippen molar-refractivity contribution in [3.8, 4) is 44.5 Å². The van der Waals surface area contributed by atoms with Crippen LogP contribution in [0.4, 0.5) is 0 Å². The number of hydrogen-bond donors (Lipinski definition) is 0. The summed E-state index contributed by atoms with van der Waals surface area (Å²) < 4.78 is 2.31. The molecule has 0 bridgehead atoms. The number of aldehydes is 2. The highest BCUT2D eigenvalue weighted by Gasteiger charge is 2.21. The first kappa shape index (κ1) is 64.2. The van der Waals surface area contributed by atoms with Gasteiger partial charge in [-0.15, -0.1) is 0 Å². The first-order chi connectivity index (χ1) is 52.3. The second-order valence-electron chi connectivity index (χ2n) is 27.4. The largest absolute Gasteiger partial charge is 0.298 e. The molecule has 496 valence electrons. The number of carbonyl (C=O) groups is 2. The van der Waals surface area contributed by atoms with E-state index >= 15 is 0 Å². The standard InChI is InChI=1S/C48H32.C34H20O2.C20H10Br2/c1-3-11-33(12-4-1)23-25-35-15-7-17-37(31-35)39-27-29-45-44-22-10-20-42-40(28-30-46(48(42)44)43-21-9-19-41(39)47(43)45)38-18-8-16-36(32-38)26-24-34-13-5-2-6-14-34;35-19-21-5-1-7-23(17-21)25-13-15-31-30-12-4-10-28-26(24-8-2-6-22(18-24)20-36)14-16-32(34(28)30)29-11-3-9-27(25)33(29)31;21-17-9-8-14-12-4-2-6-16-18(22)10-7-13(20(12)16)11-3-1-5-15(17)19(11)14/h1-32H;1-20H;1-10H/b25-23+,26-24+;;. The van der Waals surface area contributed by atoms with Gasteiger partial charge in [0.05, 0.1) is 0 Å². The van der Waals surface area contributed by atoms with Crippen LogP contribution in [0.25, 0.3) is 198 Å². The monoisotopic (exact) mass is 1480 g/mol. The zero-order chi connectivity index (χ0) is 70.9. The molecular weight excluding hydrogens is 1420 g/mol. The molecule has 0 aliphatic heterocycles. The molecule has 0 spiro atoms. The average molecular weight is 1480 g/mol. The zero-order valence-corrected chi connectivity index (χ0v) is 60.5. The van der Waals surface area contributed by atoms with E-state index in [-0.39, 0.29) is 0 Å². The van der Waals surface area contributed by atoms with Crippen LogP contribution in [0.5, 0.6) is 0 Å². The van der Waals surface area contributed by atoms with Crippen LogP contribution in [-0.2, 0) is 0 Å². The molecule has 0 saturated carbocycles. The Morgan fingerprint density at radius 1 is 0.170 bits per heavy atom. The highest BCUT2D eigenvalue weighted by molar-refractivity contribution is 9.11. The van der Waals surface area contributed by atoms with Crippen LogP contribution in [0.15, 0.2) is 349 Å².